The largest absolute Gasteiger partial charge is 0.489 e. The molecule has 0 unspecified atom stereocenters. The van der Waals surface area contributed by atoms with E-state index in [1.54, 1.807) is 18.5 Å². The van der Waals surface area contributed by atoms with E-state index in [0.29, 0.717) is 24.5 Å². The maximum Gasteiger partial charge on any atom is 0.387 e. The van der Waals surface area contributed by atoms with Gasteiger partial charge in [-0.1, -0.05) is 12.1 Å². The van der Waals surface area contributed by atoms with Crippen molar-refractivity contribution in [3.63, 3.8) is 0 Å². The number of halogens is 2. The van der Waals surface area contributed by atoms with E-state index in [1.165, 1.54) is 25.0 Å². The number of benzene rings is 3. The molecule has 4 aromatic rings. The number of hydrogen-bond acceptors (Lipinski definition) is 5. The summed E-state index contributed by atoms with van der Waals surface area (Å²) in [5.74, 6) is 0.697. The molecule has 0 atom stereocenters. The van der Waals surface area contributed by atoms with Gasteiger partial charge in [-0.25, -0.2) is 4.98 Å². The Hall–Kier alpha value is -3.98. The van der Waals surface area contributed by atoms with Crippen LogP contribution < -0.4 is 14.8 Å². The molecule has 1 aliphatic heterocycles. The molecular formula is C28H28F2N4O3. The second-order valence-corrected chi connectivity index (χ2v) is 8.93. The molecule has 1 aromatic heterocycles. The Balaban J connectivity index is 1.18. The zero-order valence-corrected chi connectivity index (χ0v) is 20.3. The summed E-state index contributed by atoms with van der Waals surface area (Å²) >= 11 is 0. The van der Waals surface area contributed by atoms with Crippen molar-refractivity contribution in [3.8, 4) is 17.2 Å². The number of ether oxygens (including phenoxy) is 2. The van der Waals surface area contributed by atoms with Crippen molar-refractivity contribution in [2.45, 2.75) is 26.1 Å². The maximum absolute atomic E-state index is 12.6. The number of likely N-dealkylation sites (tertiary alicyclic amines) is 1. The third kappa shape index (κ3) is 6.24. The van der Waals surface area contributed by atoms with E-state index >= 15 is 0 Å². The topological polar surface area (TPSA) is 68.6 Å². The van der Waals surface area contributed by atoms with Crippen LogP contribution in [0.4, 0.5) is 8.78 Å². The third-order valence-corrected chi connectivity index (χ3v) is 6.39. The summed E-state index contributed by atoms with van der Waals surface area (Å²) in [6, 6.07) is 19.5. The molecule has 37 heavy (non-hydrogen) atoms. The lowest BCUT2D eigenvalue weighted by Gasteiger charge is -2.14. The van der Waals surface area contributed by atoms with Crippen LogP contribution in [0.3, 0.4) is 0 Å². The van der Waals surface area contributed by atoms with E-state index in [9.17, 15) is 13.6 Å². The first kappa shape index (κ1) is 24.7. The van der Waals surface area contributed by atoms with Crippen LogP contribution >= 0.6 is 0 Å². The molecule has 1 N–H and O–H groups in total. The van der Waals surface area contributed by atoms with Crippen LogP contribution in [0.2, 0.25) is 0 Å². The summed E-state index contributed by atoms with van der Waals surface area (Å²) in [5, 5.41) is 3.00. The molecule has 0 spiro atoms. The van der Waals surface area contributed by atoms with Crippen molar-refractivity contribution >= 4 is 16.9 Å². The van der Waals surface area contributed by atoms with Gasteiger partial charge in [0.05, 0.1) is 11.0 Å². The fraction of sp³-hybridized carbons (Fsp3) is 0.286. The molecule has 0 saturated carbocycles. The molecule has 1 aliphatic rings. The number of carbonyl (C=O) groups excluding carboxylic acids is 1. The van der Waals surface area contributed by atoms with Crippen molar-refractivity contribution in [1.82, 2.24) is 19.8 Å². The molecule has 0 bridgehead atoms. The molecule has 2 heterocycles. The second kappa shape index (κ2) is 11.4. The maximum atomic E-state index is 12.6. The third-order valence-electron chi connectivity index (χ3n) is 6.39. The quantitative estimate of drug-likeness (QED) is 0.327. The number of hydrogen-bond donors (Lipinski definition) is 1. The minimum Gasteiger partial charge on any atom is -0.489 e. The molecule has 9 heteroatoms. The van der Waals surface area contributed by atoms with Gasteiger partial charge < -0.3 is 19.7 Å². The molecular weight excluding hydrogens is 478 g/mol. The monoisotopic (exact) mass is 506 g/mol. The van der Waals surface area contributed by atoms with Crippen molar-refractivity contribution in [2.75, 3.05) is 26.2 Å². The van der Waals surface area contributed by atoms with E-state index in [4.69, 9.17) is 4.74 Å². The summed E-state index contributed by atoms with van der Waals surface area (Å²) in [4.78, 5) is 19.4. The Labute approximate surface area is 213 Å². The normalized spacial score (nSPS) is 13.8. The van der Waals surface area contributed by atoms with Crippen molar-refractivity contribution in [3.05, 3.63) is 84.2 Å². The van der Waals surface area contributed by atoms with Gasteiger partial charge in [0, 0.05) is 24.3 Å². The number of alkyl halides is 2. The van der Waals surface area contributed by atoms with E-state index in [0.717, 1.165) is 41.9 Å². The minimum atomic E-state index is -2.84. The van der Waals surface area contributed by atoms with Crippen molar-refractivity contribution < 1.29 is 23.0 Å². The average Bonchev–Trinajstić information content (AvgIpc) is 3.58. The molecule has 5 rings (SSSR count). The summed E-state index contributed by atoms with van der Waals surface area (Å²) in [7, 11) is 0. The van der Waals surface area contributed by atoms with Crippen LogP contribution in [-0.2, 0) is 6.61 Å². The number of nitrogens with zero attached hydrogens (tertiary/aromatic N) is 3. The zero-order chi connectivity index (χ0) is 25.6. The number of imidazole rings is 1. The highest BCUT2D eigenvalue weighted by Gasteiger charge is 2.13. The van der Waals surface area contributed by atoms with Gasteiger partial charge in [0.1, 0.15) is 24.4 Å². The van der Waals surface area contributed by atoms with Crippen LogP contribution in [0.15, 0.2) is 73.1 Å². The van der Waals surface area contributed by atoms with Gasteiger partial charge in [-0.2, -0.15) is 8.78 Å². The second-order valence-electron chi connectivity index (χ2n) is 8.93. The number of carbonyl (C=O) groups is 1. The Morgan fingerprint density at radius 1 is 0.973 bits per heavy atom. The fourth-order valence-corrected chi connectivity index (χ4v) is 4.43. The summed E-state index contributed by atoms with van der Waals surface area (Å²) < 4.78 is 36.7. The molecule has 7 nitrogen and oxygen atoms in total. The van der Waals surface area contributed by atoms with Gasteiger partial charge in [-0.05, 0) is 86.1 Å². The van der Waals surface area contributed by atoms with Gasteiger partial charge in [0.25, 0.3) is 5.91 Å². The summed E-state index contributed by atoms with van der Waals surface area (Å²) in [6.45, 7) is 1.20. The Morgan fingerprint density at radius 3 is 2.43 bits per heavy atom. The van der Waals surface area contributed by atoms with Gasteiger partial charge in [0.2, 0.25) is 0 Å². The molecule has 1 amide bonds. The number of nitrogens with one attached hydrogen (secondary N) is 1. The summed E-state index contributed by atoms with van der Waals surface area (Å²) in [6.07, 6.45) is 4.21. The van der Waals surface area contributed by atoms with E-state index in [2.05, 4.69) is 19.9 Å². The van der Waals surface area contributed by atoms with E-state index in [-0.39, 0.29) is 11.7 Å². The summed E-state index contributed by atoms with van der Waals surface area (Å²) in [5.41, 5.74) is 3.98. The zero-order valence-electron chi connectivity index (χ0n) is 20.3. The first-order valence-corrected chi connectivity index (χ1v) is 12.3. The molecule has 1 fully saturated rings. The molecule has 3 aromatic carbocycles. The first-order valence-electron chi connectivity index (χ1n) is 12.3. The van der Waals surface area contributed by atoms with Crippen molar-refractivity contribution in [1.29, 1.82) is 0 Å². The van der Waals surface area contributed by atoms with Crippen LogP contribution in [0.1, 0.15) is 28.8 Å². The smallest absolute Gasteiger partial charge is 0.387 e. The fourth-order valence-electron chi connectivity index (χ4n) is 4.43. The van der Waals surface area contributed by atoms with Crippen LogP contribution in [-0.4, -0.2) is 53.1 Å². The Kier molecular flexibility index (Phi) is 7.60. The van der Waals surface area contributed by atoms with Gasteiger partial charge in [0.15, 0.2) is 0 Å². The average molecular weight is 507 g/mol. The molecule has 1 saturated heterocycles. The number of rotatable bonds is 10. The lowest BCUT2D eigenvalue weighted by Crippen LogP contribution is -2.33. The van der Waals surface area contributed by atoms with E-state index < -0.39 is 6.61 Å². The van der Waals surface area contributed by atoms with Gasteiger partial charge in [-0.3, -0.25) is 9.36 Å². The minimum absolute atomic E-state index is 0.0895. The SMILES string of the molecule is O=C(NCCN1CCCC1)c1ccc2c(c1)ncn2-c1ccc(OCc2ccc(OC(F)F)cc2)cc1. The lowest BCUT2D eigenvalue weighted by atomic mass is 10.2. The van der Waals surface area contributed by atoms with Crippen LogP contribution in [0, 0.1) is 0 Å². The molecule has 0 aliphatic carbocycles. The predicted molar refractivity (Wildman–Crippen MR) is 136 cm³/mol. The number of fused-ring (bicyclic) bond motifs is 1. The van der Waals surface area contributed by atoms with Crippen molar-refractivity contribution in [2.24, 2.45) is 0 Å². The highest BCUT2D eigenvalue weighted by Crippen LogP contribution is 2.23. The highest BCUT2D eigenvalue weighted by molar-refractivity contribution is 5.97. The first-order chi connectivity index (χ1) is 18.0. The van der Waals surface area contributed by atoms with Crippen LogP contribution in [0.25, 0.3) is 16.7 Å². The lowest BCUT2D eigenvalue weighted by molar-refractivity contribution is -0.0498. The van der Waals surface area contributed by atoms with Crippen LogP contribution in [0.5, 0.6) is 11.5 Å². The molecule has 192 valence electrons. The Bertz CT molecular complexity index is 1330. The predicted octanol–water partition coefficient (Wildman–Crippen LogP) is 5.03. The van der Waals surface area contributed by atoms with E-state index in [1.807, 2.05) is 47.0 Å². The van der Waals surface area contributed by atoms with Gasteiger partial charge >= 0.3 is 6.61 Å². The standard InChI is InChI=1S/C28H28F2N4O3/c29-28(30)37-24-8-3-20(4-9-24)18-36-23-10-6-22(7-11-23)34-19-32-25-17-21(5-12-26(25)34)27(35)31-13-16-33-14-1-2-15-33/h3-12,17,19,28H,1-2,13-16,18H2,(H,31,35). The number of aromatic nitrogens is 2. The Morgan fingerprint density at radius 2 is 1.70 bits per heavy atom. The number of amides is 1. The highest BCUT2D eigenvalue weighted by atomic mass is 19.3. The van der Waals surface area contributed by atoms with Gasteiger partial charge in [-0.15, -0.1) is 0 Å². The molecule has 0 radical (unpaired) electrons.